The van der Waals surface area contributed by atoms with Gasteiger partial charge in [-0.15, -0.1) is 11.3 Å². The van der Waals surface area contributed by atoms with Crippen LogP contribution in [0.5, 0.6) is 0 Å². The molecular weight excluding hydrogens is 454 g/mol. The summed E-state index contributed by atoms with van der Waals surface area (Å²) in [6, 6.07) is 5.01. The molecule has 0 radical (unpaired) electrons. The van der Waals surface area contributed by atoms with E-state index in [1.807, 2.05) is 18.3 Å². The summed E-state index contributed by atoms with van der Waals surface area (Å²) < 4.78 is 25.6. The molecule has 0 aliphatic rings. The molecule has 0 aliphatic carbocycles. The van der Waals surface area contributed by atoms with Crippen LogP contribution in [0.4, 0.5) is 5.13 Å². The summed E-state index contributed by atoms with van der Waals surface area (Å²) in [5.74, 6) is -1.03. The van der Waals surface area contributed by atoms with Crippen LogP contribution in [0.2, 0.25) is 0 Å². The number of carbonyl (C=O) groups is 2. The van der Waals surface area contributed by atoms with E-state index < -0.39 is 21.8 Å². The van der Waals surface area contributed by atoms with Crippen molar-refractivity contribution in [3.05, 3.63) is 66.3 Å². The Morgan fingerprint density at radius 2 is 1.94 bits per heavy atom. The van der Waals surface area contributed by atoms with Crippen molar-refractivity contribution in [3.8, 4) is 16.9 Å². The number of pyridine rings is 1. The Balaban J connectivity index is 1.34. The van der Waals surface area contributed by atoms with Crippen molar-refractivity contribution in [2.24, 2.45) is 0 Å². The molecule has 32 heavy (non-hydrogen) atoms. The Bertz CT molecular complexity index is 1370. The van der Waals surface area contributed by atoms with Crippen molar-refractivity contribution in [1.82, 2.24) is 29.0 Å². The zero-order valence-electron chi connectivity index (χ0n) is 16.7. The maximum atomic E-state index is 12.2. The summed E-state index contributed by atoms with van der Waals surface area (Å²) in [6.07, 6.45) is 10.3. The third-order valence-corrected chi connectivity index (χ3v) is 6.03. The lowest BCUT2D eigenvalue weighted by Crippen LogP contribution is -2.32. The van der Waals surface area contributed by atoms with E-state index in [2.05, 4.69) is 25.7 Å². The molecule has 4 aromatic heterocycles. The molecule has 164 valence electrons. The molecule has 4 aromatic rings. The van der Waals surface area contributed by atoms with E-state index in [9.17, 15) is 18.0 Å². The van der Waals surface area contributed by atoms with Crippen LogP contribution in [0.3, 0.4) is 0 Å². The SMILES string of the molecule is CS(=O)(=O)n1ccc(C(=O)NCC(=O)Nc2nc(-c3cnn(-c4ccncc4)c3)cs2)c1. The molecule has 4 heterocycles. The number of hydrogen-bond acceptors (Lipinski definition) is 8. The van der Waals surface area contributed by atoms with Gasteiger partial charge in [-0.1, -0.05) is 0 Å². The first-order valence-electron chi connectivity index (χ1n) is 9.17. The van der Waals surface area contributed by atoms with E-state index in [1.54, 1.807) is 28.7 Å². The standard InChI is InChI=1S/C19H17N7O4S2/c1-32(29,30)25-7-4-13(10-25)18(28)21-9-17(27)24-19-23-16(12-31-19)14-8-22-26(11-14)15-2-5-20-6-3-15/h2-8,10-12H,9H2,1H3,(H,21,28)(H,23,24,27). The van der Waals surface area contributed by atoms with E-state index in [-0.39, 0.29) is 12.1 Å². The van der Waals surface area contributed by atoms with Crippen LogP contribution in [-0.4, -0.2) is 56.8 Å². The van der Waals surface area contributed by atoms with Crippen LogP contribution in [0.25, 0.3) is 16.9 Å². The van der Waals surface area contributed by atoms with Crippen molar-refractivity contribution in [2.45, 2.75) is 0 Å². The van der Waals surface area contributed by atoms with Gasteiger partial charge in [0.2, 0.25) is 15.9 Å². The van der Waals surface area contributed by atoms with E-state index in [1.165, 1.54) is 29.8 Å². The fraction of sp³-hybridized carbons (Fsp3) is 0.105. The number of nitrogens with one attached hydrogen (secondary N) is 2. The molecule has 11 nitrogen and oxygen atoms in total. The number of anilines is 1. The van der Waals surface area contributed by atoms with Crippen LogP contribution in [0, 0.1) is 0 Å². The Morgan fingerprint density at radius 1 is 1.16 bits per heavy atom. The molecule has 0 fully saturated rings. The summed E-state index contributed by atoms with van der Waals surface area (Å²) in [5.41, 5.74) is 2.42. The normalized spacial score (nSPS) is 11.3. The number of nitrogens with zero attached hydrogens (tertiary/aromatic N) is 5. The number of rotatable bonds is 7. The topological polar surface area (TPSA) is 141 Å². The Labute approximate surface area is 186 Å². The average molecular weight is 472 g/mol. The molecule has 0 saturated heterocycles. The van der Waals surface area contributed by atoms with Crippen molar-refractivity contribution in [3.63, 3.8) is 0 Å². The predicted octanol–water partition coefficient (Wildman–Crippen LogP) is 1.37. The highest BCUT2D eigenvalue weighted by Crippen LogP contribution is 2.25. The van der Waals surface area contributed by atoms with Gasteiger partial charge in [0.05, 0.1) is 35.9 Å². The maximum absolute atomic E-state index is 12.2. The minimum atomic E-state index is -3.48. The lowest BCUT2D eigenvalue weighted by atomic mass is 10.3. The summed E-state index contributed by atoms with van der Waals surface area (Å²) in [6.45, 7) is -0.294. The third kappa shape index (κ3) is 4.90. The minimum Gasteiger partial charge on any atom is -0.343 e. The van der Waals surface area contributed by atoms with Gasteiger partial charge in [0, 0.05) is 41.9 Å². The van der Waals surface area contributed by atoms with Crippen LogP contribution >= 0.6 is 11.3 Å². The lowest BCUT2D eigenvalue weighted by molar-refractivity contribution is -0.115. The highest BCUT2D eigenvalue weighted by molar-refractivity contribution is 7.89. The second kappa shape index (κ2) is 8.72. The number of aromatic nitrogens is 5. The van der Waals surface area contributed by atoms with Crippen molar-refractivity contribution in [1.29, 1.82) is 0 Å². The van der Waals surface area contributed by atoms with Crippen LogP contribution in [0.1, 0.15) is 10.4 Å². The van der Waals surface area contributed by atoms with Crippen molar-refractivity contribution in [2.75, 3.05) is 18.1 Å². The average Bonchev–Trinajstić information content (AvgIpc) is 3.52. The van der Waals surface area contributed by atoms with Gasteiger partial charge in [-0.3, -0.25) is 18.5 Å². The fourth-order valence-corrected chi connectivity index (χ4v) is 4.02. The molecule has 0 saturated carbocycles. The lowest BCUT2D eigenvalue weighted by Gasteiger charge is -2.04. The van der Waals surface area contributed by atoms with Gasteiger partial charge in [0.1, 0.15) is 0 Å². The number of amides is 2. The Hall–Kier alpha value is -3.84. The van der Waals surface area contributed by atoms with Crippen LogP contribution in [0.15, 0.2) is 60.8 Å². The summed E-state index contributed by atoms with van der Waals surface area (Å²) >= 11 is 1.24. The molecule has 0 aliphatic heterocycles. The zero-order valence-corrected chi connectivity index (χ0v) is 18.3. The minimum absolute atomic E-state index is 0.131. The molecule has 0 unspecified atom stereocenters. The second-order valence-corrected chi connectivity index (χ2v) is 9.39. The zero-order chi connectivity index (χ0) is 22.7. The Morgan fingerprint density at radius 3 is 2.66 bits per heavy atom. The first kappa shape index (κ1) is 21.4. The second-order valence-electron chi connectivity index (χ2n) is 6.64. The highest BCUT2D eigenvalue weighted by Gasteiger charge is 2.14. The van der Waals surface area contributed by atoms with Crippen molar-refractivity contribution >= 4 is 38.3 Å². The Kier molecular flexibility index (Phi) is 5.83. The molecule has 0 bridgehead atoms. The molecule has 0 atom stereocenters. The van der Waals surface area contributed by atoms with E-state index in [0.717, 1.165) is 21.5 Å². The molecule has 2 N–H and O–H groups in total. The monoisotopic (exact) mass is 471 g/mol. The smallest absolute Gasteiger partial charge is 0.253 e. The maximum Gasteiger partial charge on any atom is 0.253 e. The van der Waals surface area contributed by atoms with E-state index in [4.69, 9.17) is 0 Å². The van der Waals surface area contributed by atoms with E-state index >= 15 is 0 Å². The number of thiazole rings is 1. The first-order chi connectivity index (χ1) is 15.3. The molecule has 0 aromatic carbocycles. The molecule has 2 amide bonds. The molecule has 13 heteroatoms. The fourth-order valence-electron chi connectivity index (χ4n) is 2.70. The molecule has 0 spiro atoms. The quantitative estimate of drug-likeness (QED) is 0.415. The van der Waals surface area contributed by atoms with Gasteiger partial charge in [0.15, 0.2) is 5.13 Å². The van der Waals surface area contributed by atoms with Gasteiger partial charge >= 0.3 is 0 Å². The third-order valence-electron chi connectivity index (χ3n) is 4.28. The van der Waals surface area contributed by atoms with Gasteiger partial charge in [-0.05, 0) is 18.2 Å². The van der Waals surface area contributed by atoms with Crippen LogP contribution in [-0.2, 0) is 14.8 Å². The predicted molar refractivity (Wildman–Crippen MR) is 118 cm³/mol. The summed E-state index contributed by atoms with van der Waals surface area (Å²) in [7, 11) is -3.48. The summed E-state index contributed by atoms with van der Waals surface area (Å²) in [5, 5.41) is 11.5. The molecule has 4 rings (SSSR count). The van der Waals surface area contributed by atoms with Gasteiger partial charge in [-0.2, -0.15) is 5.10 Å². The van der Waals surface area contributed by atoms with E-state index in [0.29, 0.717) is 10.8 Å². The number of hydrogen-bond donors (Lipinski definition) is 2. The van der Waals surface area contributed by atoms with Gasteiger partial charge < -0.3 is 10.6 Å². The van der Waals surface area contributed by atoms with Gasteiger partial charge in [0.25, 0.3) is 5.91 Å². The number of carbonyl (C=O) groups excluding carboxylic acids is 2. The first-order valence-corrected chi connectivity index (χ1v) is 11.9. The molecular formula is C19H17N7O4S2. The van der Waals surface area contributed by atoms with Gasteiger partial charge in [-0.25, -0.2) is 18.1 Å². The highest BCUT2D eigenvalue weighted by atomic mass is 32.2. The largest absolute Gasteiger partial charge is 0.343 e. The summed E-state index contributed by atoms with van der Waals surface area (Å²) in [4.78, 5) is 32.6. The van der Waals surface area contributed by atoms with Crippen LogP contribution < -0.4 is 10.6 Å². The van der Waals surface area contributed by atoms with Crippen molar-refractivity contribution < 1.29 is 18.0 Å².